The Balaban J connectivity index is 1.35. The lowest BCUT2D eigenvalue weighted by atomic mass is 10.1. The fraction of sp³-hybridized carbons (Fsp3) is 0.409. The number of rotatable bonds is 9. The van der Waals surface area contributed by atoms with Crippen LogP contribution in [0, 0.1) is 5.82 Å². The normalized spacial score (nSPS) is 14.0. The molecule has 1 amide bonds. The summed E-state index contributed by atoms with van der Waals surface area (Å²) in [7, 11) is 0. The van der Waals surface area contributed by atoms with E-state index in [4.69, 9.17) is 4.42 Å². The summed E-state index contributed by atoms with van der Waals surface area (Å²) in [6, 6.07) is 10.1. The highest BCUT2D eigenvalue weighted by Crippen LogP contribution is 2.25. The number of furan rings is 1. The molecule has 0 unspecified atom stereocenters. The average molecular weight is 444 g/mol. The second-order valence-corrected chi connectivity index (χ2v) is 8.45. The minimum Gasteiger partial charge on any atom is -0.467 e. The Hall–Kier alpha value is -2.81. The predicted octanol–water partition coefficient (Wildman–Crippen LogP) is 3.50. The van der Waals surface area contributed by atoms with Gasteiger partial charge in [0.1, 0.15) is 11.6 Å². The molecule has 0 bridgehead atoms. The Morgan fingerprint density at radius 2 is 1.94 bits per heavy atom. The van der Waals surface area contributed by atoms with Crippen LogP contribution in [0.15, 0.2) is 52.2 Å². The highest BCUT2D eigenvalue weighted by molar-refractivity contribution is 7.99. The Morgan fingerprint density at radius 1 is 1.13 bits per heavy atom. The summed E-state index contributed by atoms with van der Waals surface area (Å²) in [5, 5.41) is 12.4. The van der Waals surface area contributed by atoms with Crippen LogP contribution in [0.4, 0.5) is 10.3 Å². The number of piperidine rings is 1. The molecule has 1 aliphatic heterocycles. The number of anilines is 1. The molecule has 0 atom stereocenters. The smallest absolute Gasteiger partial charge is 0.230 e. The van der Waals surface area contributed by atoms with Gasteiger partial charge in [-0.15, -0.1) is 10.2 Å². The van der Waals surface area contributed by atoms with Gasteiger partial charge in [-0.05, 0) is 55.5 Å². The SMILES string of the molecule is O=C(CSc1nnc(N2CCCCC2)n1Cc1ccco1)NCCc1ccc(F)cc1. The van der Waals surface area contributed by atoms with Gasteiger partial charge in [0, 0.05) is 19.6 Å². The monoisotopic (exact) mass is 443 g/mol. The molecule has 1 fully saturated rings. The van der Waals surface area contributed by atoms with Crippen LogP contribution in [0.5, 0.6) is 0 Å². The highest BCUT2D eigenvalue weighted by atomic mass is 32.2. The number of benzene rings is 1. The fourth-order valence-electron chi connectivity index (χ4n) is 3.59. The van der Waals surface area contributed by atoms with E-state index >= 15 is 0 Å². The van der Waals surface area contributed by atoms with E-state index in [-0.39, 0.29) is 17.5 Å². The quantitative estimate of drug-likeness (QED) is 0.510. The first-order chi connectivity index (χ1) is 15.2. The van der Waals surface area contributed by atoms with Gasteiger partial charge in [0.2, 0.25) is 11.9 Å². The minimum absolute atomic E-state index is 0.0702. The third kappa shape index (κ3) is 5.88. The molecule has 1 aromatic carbocycles. The fourth-order valence-corrected chi connectivity index (χ4v) is 4.35. The summed E-state index contributed by atoms with van der Waals surface area (Å²) in [5.74, 6) is 1.57. The van der Waals surface area contributed by atoms with Crippen molar-refractivity contribution in [3.8, 4) is 0 Å². The van der Waals surface area contributed by atoms with Crippen molar-refractivity contribution in [2.75, 3.05) is 30.3 Å². The van der Waals surface area contributed by atoms with Gasteiger partial charge in [0.25, 0.3) is 0 Å². The van der Waals surface area contributed by atoms with Gasteiger partial charge in [-0.3, -0.25) is 9.36 Å². The Kier molecular flexibility index (Phi) is 7.24. The predicted molar refractivity (Wildman–Crippen MR) is 118 cm³/mol. The molecule has 0 aliphatic carbocycles. The molecule has 164 valence electrons. The number of carbonyl (C=O) groups excluding carboxylic acids is 1. The number of carbonyl (C=O) groups is 1. The van der Waals surface area contributed by atoms with E-state index in [9.17, 15) is 9.18 Å². The van der Waals surface area contributed by atoms with Crippen LogP contribution in [0.3, 0.4) is 0 Å². The number of amides is 1. The van der Waals surface area contributed by atoms with Gasteiger partial charge < -0.3 is 14.6 Å². The molecule has 3 aromatic rings. The van der Waals surface area contributed by atoms with Crippen LogP contribution in [-0.2, 0) is 17.8 Å². The molecule has 0 radical (unpaired) electrons. The van der Waals surface area contributed by atoms with Crippen molar-refractivity contribution in [3.05, 3.63) is 59.8 Å². The molecule has 3 heterocycles. The number of halogens is 1. The highest BCUT2D eigenvalue weighted by Gasteiger charge is 2.21. The number of thioether (sulfide) groups is 1. The van der Waals surface area contributed by atoms with Crippen molar-refractivity contribution in [1.29, 1.82) is 0 Å². The average Bonchev–Trinajstić information content (AvgIpc) is 3.45. The molecule has 31 heavy (non-hydrogen) atoms. The summed E-state index contributed by atoms with van der Waals surface area (Å²) in [4.78, 5) is 14.6. The summed E-state index contributed by atoms with van der Waals surface area (Å²) < 4.78 is 20.5. The molecule has 9 heteroatoms. The van der Waals surface area contributed by atoms with E-state index in [1.807, 2.05) is 16.7 Å². The van der Waals surface area contributed by atoms with Crippen LogP contribution in [0.1, 0.15) is 30.6 Å². The van der Waals surface area contributed by atoms with Gasteiger partial charge in [-0.1, -0.05) is 23.9 Å². The van der Waals surface area contributed by atoms with E-state index in [2.05, 4.69) is 20.4 Å². The Morgan fingerprint density at radius 3 is 2.68 bits per heavy atom. The number of hydrogen-bond donors (Lipinski definition) is 1. The van der Waals surface area contributed by atoms with E-state index in [1.165, 1.54) is 30.3 Å². The molecule has 7 nitrogen and oxygen atoms in total. The maximum Gasteiger partial charge on any atom is 0.230 e. The summed E-state index contributed by atoms with van der Waals surface area (Å²) in [6.45, 7) is 2.96. The van der Waals surface area contributed by atoms with Gasteiger partial charge >= 0.3 is 0 Å². The van der Waals surface area contributed by atoms with Crippen molar-refractivity contribution in [3.63, 3.8) is 0 Å². The zero-order chi connectivity index (χ0) is 21.5. The van der Waals surface area contributed by atoms with E-state index in [0.29, 0.717) is 24.7 Å². The van der Waals surface area contributed by atoms with Gasteiger partial charge in [0.05, 0.1) is 18.6 Å². The maximum absolute atomic E-state index is 13.0. The molecule has 2 aromatic heterocycles. The van der Waals surface area contributed by atoms with Crippen LogP contribution in [-0.4, -0.2) is 46.1 Å². The Labute approximate surface area is 185 Å². The number of hydrogen-bond acceptors (Lipinski definition) is 6. The third-order valence-electron chi connectivity index (χ3n) is 5.21. The first-order valence-electron chi connectivity index (χ1n) is 10.5. The molecule has 1 N–H and O–H groups in total. The summed E-state index contributed by atoms with van der Waals surface area (Å²) in [6.07, 6.45) is 5.84. The van der Waals surface area contributed by atoms with E-state index < -0.39 is 0 Å². The minimum atomic E-state index is -0.258. The Bertz CT molecular complexity index is 968. The number of aromatic nitrogens is 3. The zero-order valence-corrected chi connectivity index (χ0v) is 18.1. The van der Waals surface area contributed by atoms with E-state index in [0.717, 1.165) is 43.2 Å². The van der Waals surface area contributed by atoms with Gasteiger partial charge in [0.15, 0.2) is 5.16 Å². The van der Waals surface area contributed by atoms with Gasteiger partial charge in [-0.25, -0.2) is 4.39 Å². The van der Waals surface area contributed by atoms with Crippen LogP contribution >= 0.6 is 11.8 Å². The number of nitrogens with one attached hydrogen (secondary N) is 1. The first-order valence-corrected chi connectivity index (χ1v) is 11.5. The van der Waals surface area contributed by atoms with Crippen LogP contribution < -0.4 is 10.2 Å². The largest absolute Gasteiger partial charge is 0.467 e. The van der Waals surface area contributed by atoms with Crippen molar-refractivity contribution in [1.82, 2.24) is 20.1 Å². The van der Waals surface area contributed by atoms with E-state index in [1.54, 1.807) is 18.4 Å². The van der Waals surface area contributed by atoms with Crippen LogP contribution in [0.2, 0.25) is 0 Å². The van der Waals surface area contributed by atoms with Crippen molar-refractivity contribution < 1.29 is 13.6 Å². The molecule has 1 aliphatic rings. The number of nitrogens with zero attached hydrogens (tertiary/aromatic N) is 4. The molecule has 1 saturated heterocycles. The second-order valence-electron chi connectivity index (χ2n) is 7.51. The lowest BCUT2D eigenvalue weighted by molar-refractivity contribution is -0.118. The first kappa shape index (κ1) is 21.4. The standard InChI is InChI=1S/C22H26FN5O2S/c23-18-8-6-17(7-9-18)10-11-24-20(29)16-31-22-26-25-21(27-12-2-1-3-13-27)28(22)15-19-5-4-14-30-19/h4-9,14H,1-3,10-13,15-16H2,(H,24,29). The van der Waals surface area contributed by atoms with Gasteiger partial charge in [-0.2, -0.15) is 0 Å². The van der Waals surface area contributed by atoms with Crippen LogP contribution in [0.25, 0.3) is 0 Å². The third-order valence-corrected chi connectivity index (χ3v) is 6.18. The second kappa shape index (κ2) is 10.5. The molecular formula is C22H26FN5O2S. The molecule has 0 spiro atoms. The molecule has 4 rings (SSSR count). The topological polar surface area (TPSA) is 76.2 Å². The summed E-state index contributed by atoms with van der Waals surface area (Å²) in [5.41, 5.74) is 0.985. The van der Waals surface area contributed by atoms with Crippen molar-refractivity contribution in [2.45, 2.75) is 37.4 Å². The van der Waals surface area contributed by atoms with Crippen molar-refractivity contribution >= 4 is 23.6 Å². The lowest BCUT2D eigenvalue weighted by Gasteiger charge is -2.27. The summed E-state index contributed by atoms with van der Waals surface area (Å²) >= 11 is 1.37. The maximum atomic E-state index is 13.0. The zero-order valence-electron chi connectivity index (χ0n) is 17.3. The molecular weight excluding hydrogens is 417 g/mol. The van der Waals surface area contributed by atoms with Crippen molar-refractivity contribution in [2.24, 2.45) is 0 Å². The molecule has 0 saturated carbocycles. The lowest BCUT2D eigenvalue weighted by Crippen LogP contribution is -2.32.